The van der Waals surface area contributed by atoms with E-state index in [0.717, 1.165) is 76.2 Å². The topological polar surface area (TPSA) is 69.0 Å². The molecule has 0 saturated carbocycles. The van der Waals surface area contributed by atoms with Crippen LogP contribution in [0.1, 0.15) is 63.4 Å². The van der Waals surface area contributed by atoms with Crippen molar-refractivity contribution in [3.8, 4) is 0 Å². The van der Waals surface area contributed by atoms with Crippen molar-refractivity contribution in [2.45, 2.75) is 76.9 Å². The number of piperidine rings is 1. The average Bonchev–Trinajstić information content (AvgIpc) is 3.41. The molecule has 172 valence electrons. The first-order chi connectivity index (χ1) is 14.9. The van der Waals surface area contributed by atoms with Gasteiger partial charge in [0.15, 0.2) is 0 Å². The Labute approximate surface area is 186 Å². The van der Waals surface area contributed by atoms with Crippen LogP contribution in [-0.4, -0.2) is 71.4 Å². The second-order valence-electron chi connectivity index (χ2n) is 9.74. The van der Waals surface area contributed by atoms with Crippen molar-refractivity contribution in [2.75, 3.05) is 33.2 Å². The van der Waals surface area contributed by atoms with Gasteiger partial charge >= 0.3 is 6.03 Å². The van der Waals surface area contributed by atoms with E-state index in [4.69, 9.17) is 4.42 Å². The lowest BCUT2D eigenvalue weighted by molar-refractivity contribution is -0.134. The van der Waals surface area contributed by atoms with Gasteiger partial charge in [0.05, 0.1) is 6.54 Å². The van der Waals surface area contributed by atoms with Crippen LogP contribution in [0.4, 0.5) is 4.79 Å². The summed E-state index contributed by atoms with van der Waals surface area (Å²) >= 11 is 0. The molecule has 4 heterocycles. The van der Waals surface area contributed by atoms with Gasteiger partial charge < -0.3 is 14.6 Å². The van der Waals surface area contributed by atoms with Gasteiger partial charge in [-0.2, -0.15) is 0 Å². The molecular weight excluding hydrogens is 392 g/mol. The molecule has 3 aliphatic rings. The molecule has 0 spiro atoms. The van der Waals surface area contributed by atoms with E-state index in [0.29, 0.717) is 12.6 Å². The quantitative estimate of drug-likeness (QED) is 0.641. The van der Waals surface area contributed by atoms with Crippen molar-refractivity contribution in [3.63, 3.8) is 0 Å². The van der Waals surface area contributed by atoms with Gasteiger partial charge in [-0.25, -0.2) is 4.79 Å². The largest absolute Gasteiger partial charge is 0.465 e. The van der Waals surface area contributed by atoms with E-state index >= 15 is 0 Å². The highest BCUT2D eigenvalue weighted by Crippen LogP contribution is 2.37. The second-order valence-corrected chi connectivity index (χ2v) is 9.74. The Morgan fingerprint density at radius 3 is 2.55 bits per heavy atom. The lowest BCUT2D eigenvalue weighted by Gasteiger charge is -2.40. The lowest BCUT2D eigenvalue weighted by atomic mass is 9.74. The zero-order valence-corrected chi connectivity index (χ0v) is 19.4. The molecule has 1 aromatic heterocycles. The number of carbonyl (C=O) groups excluding carboxylic acids is 2. The molecule has 0 unspecified atom stereocenters. The Kier molecular flexibility index (Phi) is 6.72. The maximum atomic E-state index is 13.6. The molecule has 0 aliphatic carbocycles. The molecule has 2 atom stereocenters. The van der Waals surface area contributed by atoms with Gasteiger partial charge in [0.2, 0.25) is 0 Å². The summed E-state index contributed by atoms with van der Waals surface area (Å²) in [4.78, 5) is 32.7. The van der Waals surface area contributed by atoms with Gasteiger partial charge in [-0.3, -0.25) is 14.6 Å². The third-order valence-electron chi connectivity index (χ3n) is 7.66. The predicted octanol–water partition coefficient (Wildman–Crippen LogP) is 3.38. The maximum absolute atomic E-state index is 13.6. The number of nitrogens with one attached hydrogen (secondary N) is 1. The fourth-order valence-corrected chi connectivity index (χ4v) is 5.89. The van der Waals surface area contributed by atoms with Crippen molar-refractivity contribution in [1.82, 2.24) is 20.0 Å². The zero-order valence-electron chi connectivity index (χ0n) is 19.4. The Morgan fingerprint density at radius 2 is 1.94 bits per heavy atom. The van der Waals surface area contributed by atoms with Crippen LogP contribution in [0.25, 0.3) is 0 Å². The molecule has 0 radical (unpaired) electrons. The van der Waals surface area contributed by atoms with Gasteiger partial charge in [-0.05, 0) is 90.2 Å². The normalized spacial score (nSPS) is 28.6. The molecule has 1 N–H and O–H groups in total. The van der Waals surface area contributed by atoms with E-state index in [1.165, 1.54) is 11.3 Å². The van der Waals surface area contributed by atoms with Crippen LogP contribution in [0.5, 0.6) is 0 Å². The molecule has 7 nitrogen and oxygen atoms in total. The second kappa shape index (κ2) is 9.33. The van der Waals surface area contributed by atoms with Gasteiger partial charge in [0.1, 0.15) is 17.1 Å². The summed E-state index contributed by atoms with van der Waals surface area (Å²) in [5.74, 6) is 2.14. The third-order valence-corrected chi connectivity index (χ3v) is 7.66. The number of imide groups is 1. The highest BCUT2D eigenvalue weighted by Gasteiger charge is 2.55. The Bertz CT molecular complexity index is 786. The van der Waals surface area contributed by atoms with E-state index in [1.54, 1.807) is 0 Å². The van der Waals surface area contributed by atoms with Crippen LogP contribution in [0.15, 0.2) is 16.5 Å². The first-order valence-electron chi connectivity index (χ1n) is 12.0. The lowest BCUT2D eigenvalue weighted by Crippen LogP contribution is -2.56. The van der Waals surface area contributed by atoms with Crippen LogP contribution in [-0.2, 0) is 11.3 Å². The molecule has 7 heteroatoms. The average molecular weight is 431 g/mol. The number of nitrogens with zero attached hydrogens (tertiary/aromatic N) is 3. The Hall–Kier alpha value is -1.86. The van der Waals surface area contributed by atoms with Crippen molar-refractivity contribution < 1.29 is 14.0 Å². The Morgan fingerprint density at radius 1 is 1.16 bits per heavy atom. The Balaban J connectivity index is 1.38. The molecule has 4 rings (SSSR count). The summed E-state index contributed by atoms with van der Waals surface area (Å²) in [7, 11) is 2.14. The number of carbonyl (C=O) groups is 2. The van der Waals surface area contributed by atoms with Gasteiger partial charge in [0.25, 0.3) is 5.91 Å². The van der Waals surface area contributed by atoms with E-state index in [2.05, 4.69) is 29.1 Å². The predicted molar refractivity (Wildman–Crippen MR) is 120 cm³/mol. The molecule has 3 amide bonds. The summed E-state index contributed by atoms with van der Waals surface area (Å²) in [6.45, 7) is 8.36. The van der Waals surface area contributed by atoms with Crippen molar-refractivity contribution in [3.05, 3.63) is 23.7 Å². The van der Waals surface area contributed by atoms with Crippen molar-refractivity contribution in [2.24, 2.45) is 5.92 Å². The number of urea groups is 1. The summed E-state index contributed by atoms with van der Waals surface area (Å²) in [6.07, 6.45) is 6.69. The first kappa shape index (κ1) is 22.3. The number of hydrogen-bond acceptors (Lipinski definition) is 5. The fraction of sp³-hybridized carbons (Fsp3) is 0.750. The van der Waals surface area contributed by atoms with Crippen LogP contribution in [0, 0.1) is 12.8 Å². The summed E-state index contributed by atoms with van der Waals surface area (Å²) in [6, 6.07) is 4.34. The van der Waals surface area contributed by atoms with Crippen LogP contribution in [0.2, 0.25) is 0 Å². The molecule has 3 saturated heterocycles. The monoisotopic (exact) mass is 430 g/mol. The standard InChI is InChI=1S/C24H38N4O3/c1-4-12-24(19-9-14-27(15-10-19)17-21-8-7-18(2)31-21)22(29)28(23(30)25-24)16-11-20-6-5-13-26(20)3/h7-8,19-20H,4-6,9-17H2,1-3H3,(H,25,30)/t20-,24+/m0/s1. The smallest absolute Gasteiger partial charge is 0.325 e. The molecule has 31 heavy (non-hydrogen) atoms. The van der Waals surface area contributed by atoms with E-state index < -0.39 is 5.54 Å². The summed E-state index contributed by atoms with van der Waals surface area (Å²) in [5, 5.41) is 3.18. The highest BCUT2D eigenvalue weighted by atomic mass is 16.3. The van der Waals surface area contributed by atoms with Crippen LogP contribution in [0.3, 0.4) is 0 Å². The summed E-state index contributed by atoms with van der Waals surface area (Å²) in [5.41, 5.74) is -0.721. The number of rotatable bonds is 8. The van der Waals surface area contributed by atoms with Crippen LogP contribution >= 0.6 is 0 Å². The molecule has 3 fully saturated rings. The number of hydrogen-bond donors (Lipinski definition) is 1. The molecule has 1 aromatic rings. The SMILES string of the molecule is CCC[C@]1(C2CCN(Cc3ccc(C)o3)CC2)NC(=O)N(CC[C@@H]2CCCN2C)C1=O. The fourth-order valence-electron chi connectivity index (χ4n) is 5.89. The van der Waals surface area contributed by atoms with E-state index in [9.17, 15) is 9.59 Å². The molecule has 0 bridgehead atoms. The van der Waals surface area contributed by atoms with Gasteiger partial charge in [-0.15, -0.1) is 0 Å². The molecule has 3 aliphatic heterocycles. The first-order valence-corrected chi connectivity index (χ1v) is 12.0. The maximum Gasteiger partial charge on any atom is 0.325 e. The minimum Gasteiger partial charge on any atom is -0.465 e. The highest BCUT2D eigenvalue weighted by molar-refractivity contribution is 6.07. The van der Waals surface area contributed by atoms with E-state index in [1.807, 2.05) is 19.1 Å². The van der Waals surface area contributed by atoms with Crippen LogP contribution < -0.4 is 5.32 Å². The number of aryl methyl sites for hydroxylation is 1. The minimum absolute atomic E-state index is 0.0140. The zero-order chi connectivity index (χ0) is 22.0. The van der Waals surface area contributed by atoms with E-state index in [-0.39, 0.29) is 17.9 Å². The number of amides is 3. The summed E-state index contributed by atoms with van der Waals surface area (Å²) < 4.78 is 5.73. The van der Waals surface area contributed by atoms with Crippen molar-refractivity contribution >= 4 is 11.9 Å². The van der Waals surface area contributed by atoms with Crippen molar-refractivity contribution in [1.29, 1.82) is 0 Å². The van der Waals surface area contributed by atoms with Gasteiger partial charge in [0, 0.05) is 12.6 Å². The number of furan rings is 1. The number of likely N-dealkylation sites (tertiary alicyclic amines) is 2. The van der Waals surface area contributed by atoms with Gasteiger partial charge in [-0.1, -0.05) is 13.3 Å². The molecular formula is C24H38N4O3. The molecule has 0 aromatic carbocycles. The third kappa shape index (κ3) is 4.53. The minimum atomic E-state index is -0.721.